The van der Waals surface area contributed by atoms with Crippen molar-refractivity contribution in [2.24, 2.45) is 5.73 Å². The zero-order chi connectivity index (χ0) is 20.8. The third-order valence-corrected chi connectivity index (χ3v) is 5.55. The van der Waals surface area contributed by atoms with Gasteiger partial charge in [0.1, 0.15) is 12.4 Å². The predicted octanol–water partition coefficient (Wildman–Crippen LogP) is 4.64. The van der Waals surface area contributed by atoms with E-state index in [1.165, 1.54) is 5.56 Å². The molecule has 1 aliphatic carbocycles. The molecule has 1 saturated carbocycles. The molecule has 4 rings (SSSR count). The van der Waals surface area contributed by atoms with E-state index in [-0.39, 0.29) is 5.91 Å². The number of carbonyl (C=O) groups excluding carboxylic acids is 1. The van der Waals surface area contributed by atoms with Crippen LogP contribution in [0.2, 0.25) is 0 Å². The molecule has 1 fully saturated rings. The Bertz CT molecular complexity index is 973. The molecule has 0 saturated heterocycles. The number of amides is 1. The Morgan fingerprint density at radius 3 is 2.47 bits per heavy atom. The Labute approximate surface area is 178 Å². The van der Waals surface area contributed by atoms with Crippen molar-refractivity contribution in [1.29, 1.82) is 0 Å². The first-order valence-electron chi connectivity index (χ1n) is 10.6. The van der Waals surface area contributed by atoms with E-state index in [0.29, 0.717) is 25.0 Å². The van der Waals surface area contributed by atoms with E-state index in [0.717, 1.165) is 41.8 Å². The highest BCUT2D eigenvalue weighted by molar-refractivity contribution is 5.73. The Kier molecular flexibility index (Phi) is 6.45. The van der Waals surface area contributed by atoms with Crippen molar-refractivity contribution in [2.45, 2.75) is 37.8 Å². The number of rotatable bonds is 10. The molecule has 2 atom stereocenters. The van der Waals surface area contributed by atoms with Crippen molar-refractivity contribution in [3.05, 3.63) is 90.0 Å². The van der Waals surface area contributed by atoms with E-state index in [9.17, 15) is 4.79 Å². The van der Waals surface area contributed by atoms with Crippen LogP contribution < -0.4 is 15.8 Å². The molecule has 0 radical (unpaired) electrons. The van der Waals surface area contributed by atoms with Gasteiger partial charge in [0.25, 0.3) is 0 Å². The fourth-order valence-corrected chi connectivity index (χ4v) is 3.82. The molecule has 0 aromatic heterocycles. The van der Waals surface area contributed by atoms with Gasteiger partial charge in [-0.05, 0) is 48.2 Å². The first kappa shape index (κ1) is 20.2. The monoisotopic (exact) mass is 400 g/mol. The van der Waals surface area contributed by atoms with Gasteiger partial charge >= 0.3 is 0 Å². The lowest BCUT2D eigenvalue weighted by Gasteiger charge is -2.14. The van der Waals surface area contributed by atoms with Gasteiger partial charge in [0.05, 0.1) is 0 Å². The quantitative estimate of drug-likeness (QED) is 0.487. The highest BCUT2D eigenvalue weighted by Crippen LogP contribution is 2.43. The van der Waals surface area contributed by atoms with Crippen molar-refractivity contribution in [1.82, 2.24) is 5.32 Å². The molecular weight excluding hydrogens is 372 g/mol. The summed E-state index contributed by atoms with van der Waals surface area (Å²) >= 11 is 0. The lowest BCUT2D eigenvalue weighted by atomic mass is 9.99. The summed E-state index contributed by atoms with van der Waals surface area (Å²) in [4.78, 5) is 10.9. The molecule has 1 aliphatic rings. The molecule has 30 heavy (non-hydrogen) atoms. The van der Waals surface area contributed by atoms with E-state index in [4.69, 9.17) is 10.5 Å². The summed E-state index contributed by atoms with van der Waals surface area (Å²) in [7, 11) is 0. The van der Waals surface area contributed by atoms with Gasteiger partial charge < -0.3 is 15.8 Å². The lowest BCUT2D eigenvalue weighted by Crippen LogP contribution is -2.21. The summed E-state index contributed by atoms with van der Waals surface area (Å²) in [6.45, 7) is 1.38. The van der Waals surface area contributed by atoms with Crippen LogP contribution in [-0.4, -0.2) is 18.5 Å². The molecule has 3 N–H and O–H groups in total. The third kappa shape index (κ3) is 5.28. The van der Waals surface area contributed by atoms with Crippen LogP contribution in [0, 0.1) is 0 Å². The van der Waals surface area contributed by atoms with Crippen LogP contribution in [0.25, 0.3) is 11.1 Å². The lowest BCUT2D eigenvalue weighted by molar-refractivity contribution is -0.118. The first-order valence-corrected chi connectivity index (χ1v) is 10.6. The number of nitrogens with two attached hydrogens (primary N) is 1. The number of benzene rings is 3. The maximum atomic E-state index is 10.9. The van der Waals surface area contributed by atoms with Gasteiger partial charge in [0.2, 0.25) is 5.91 Å². The second-order valence-electron chi connectivity index (χ2n) is 7.87. The zero-order valence-corrected chi connectivity index (χ0v) is 17.1. The molecule has 1 amide bonds. The molecule has 0 aliphatic heterocycles. The molecule has 4 heteroatoms. The minimum absolute atomic E-state index is 0.234. The number of hydrogen-bond acceptors (Lipinski definition) is 3. The van der Waals surface area contributed by atoms with E-state index in [1.807, 2.05) is 24.3 Å². The number of ether oxygens (including phenoxy) is 1. The molecule has 0 unspecified atom stereocenters. The van der Waals surface area contributed by atoms with E-state index in [1.54, 1.807) is 0 Å². The minimum atomic E-state index is -0.234. The Hall–Kier alpha value is -3.11. The summed E-state index contributed by atoms with van der Waals surface area (Å²) in [5.74, 6) is 1.17. The van der Waals surface area contributed by atoms with Crippen LogP contribution in [0.15, 0.2) is 78.9 Å². The van der Waals surface area contributed by atoms with Crippen LogP contribution in [0.5, 0.6) is 5.75 Å². The fourth-order valence-electron chi connectivity index (χ4n) is 3.82. The largest absolute Gasteiger partial charge is 0.488 e. The minimum Gasteiger partial charge on any atom is -0.488 e. The van der Waals surface area contributed by atoms with E-state index < -0.39 is 0 Å². The maximum absolute atomic E-state index is 10.9. The van der Waals surface area contributed by atoms with Gasteiger partial charge in [-0.15, -0.1) is 0 Å². The van der Waals surface area contributed by atoms with Crippen LogP contribution in [-0.2, 0) is 11.4 Å². The van der Waals surface area contributed by atoms with Gasteiger partial charge in [-0.1, -0.05) is 66.7 Å². The summed E-state index contributed by atoms with van der Waals surface area (Å²) < 4.78 is 6.20. The van der Waals surface area contributed by atoms with Crippen molar-refractivity contribution in [3.8, 4) is 16.9 Å². The number of hydrogen-bond donors (Lipinski definition) is 2. The average Bonchev–Trinajstić information content (AvgIpc) is 3.56. The standard InChI is InChI=1S/C26H28N2O2/c27-26(29)12-7-15-28-24-17-22(24)21-13-14-25(30-18-19-8-3-1-4-9-19)23(16-21)20-10-5-2-6-11-20/h1-6,8-11,13-14,16,22,24,28H,7,12,15,17-18H2,(H2,27,29)/t22-,24+/m0/s1. The molecule has 154 valence electrons. The average molecular weight is 401 g/mol. The predicted molar refractivity (Wildman–Crippen MR) is 120 cm³/mol. The van der Waals surface area contributed by atoms with Crippen molar-refractivity contribution in [3.63, 3.8) is 0 Å². The van der Waals surface area contributed by atoms with Crippen LogP contribution >= 0.6 is 0 Å². The van der Waals surface area contributed by atoms with Crippen LogP contribution in [0.4, 0.5) is 0 Å². The highest BCUT2D eigenvalue weighted by Gasteiger charge is 2.38. The van der Waals surface area contributed by atoms with Gasteiger partial charge in [0, 0.05) is 23.9 Å². The molecule has 3 aromatic carbocycles. The number of nitrogens with one attached hydrogen (secondary N) is 1. The van der Waals surface area contributed by atoms with E-state index in [2.05, 4.69) is 59.9 Å². The molecule has 4 nitrogen and oxygen atoms in total. The van der Waals surface area contributed by atoms with Gasteiger partial charge in [-0.3, -0.25) is 4.79 Å². The first-order chi connectivity index (χ1) is 14.7. The second-order valence-corrected chi connectivity index (χ2v) is 7.87. The van der Waals surface area contributed by atoms with Crippen molar-refractivity contribution >= 4 is 5.91 Å². The van der Waals surface area contributed by atoms with Crippen molar-refractivity contribution < 1.29 is 9.53 Å². The summed E-state index contributed by atoms with van der Waals surface area (Å²) in [6, 6.07) is 27.7. The number of carbonyl (C=O) groups is 1. The molecule has 0 bridgehead atoms. The Morgan fingerprint density at radius 1 is 1.00 bits per heavy atom. The van der Waals surface area contributed by atoms with Gasteiger partial charge in [0.15, 0.2) is 0 Å². The topological polar surface area (TPSA) is 64.4 Å². The Balaban J connectivity index is 1.47. The molecular formula is C26H28N2O2. The van der Waals surface area contributed by atoms with Gasteiger partial charge in [-0.25, -0.2) is 0 Å². The van der Waals surface area contributed by atoms with Crippen LogP contribution in [0.1, 0.15) is 36.3 Å². The van der Waals surface area contributed by atoms with Crippen LogP contribution in [0.3, 0.4) is 0 Å². The normalized spacial score (nSPS) is 17.5. The summed E-state index contributed by atoms with van der Waals surface area (Å²) in [5.41, 5.74) is 9.98. The second kappa shape index (κ2) is 9.59. The highest BCUT2D eigenvalue weighted by atomic mass is 16.5. The van der Waals surface area contributed by atoms with E-state index >= 15 is 0 Å². The smallest absolute Gasteiger partial charge is 0.217 e. The van der Waals surface area contributed by atoms with Crippen molar-refractivity contribution in [2.75, 3.05) is 6.54 Å². The SMILES string of the molecule is NC(=O)CCCN[C@@H]1C[C@H]1c1ccc(OCc2ccccc2)c(-c2ccccc2)c1. The molecule has 3 aromatic rings. The summed E-state index contributed by atoms with van der Waals surface area (Å²) in [6.07, 6.45) is 2.35. The summed E-state index contributed by atoms with van der Waals surface area (Å²) in [5, 5.41) is 3.54. The Morgan fingerprint density at radius 2 is 1.73 bits per heavy atom. The fraction of sp³-hybridized carbons (Fsp3) is 0.269. The zero-order valence-electron chi connectivity index (χ0n) is 17.1. The maximum Gasteiger partial charge on any atom is 0.217 e. The van der Waals surface area contributed by atoms with Gasteiger partial charge in [-0.2, -0.15) is 0 Å². The number of primary amides is 1. The molecule has 0 spiro atoms. The molecule has 0 heterocycles. The third-order valence-electron chi connectivity index (χ3n) is 5.55.